The molecule has 0 unspecified atom stereocenters. The summed E-state index contributed by atoms with van der Waals surface area (Å²) in [6.07, 6.45) is 2.01. The molecule has 0 fully saturated rings. The summed E-state index contributed by atoms with van der Waals surface area (Å²) in [5.74, 6) is 1.56. The number of amides is 1. The predicted molar refractivity (Wildman–Crippen MR) is 103 cm³/mol. The van der Waals surface area contributed by atoms with Crippen LogP contribution in [0.15, 0.2) is 27.3 Å². The zero-order valence-corrected chi connectivity index (χ0v) is 17.4. The molecule has 0 bridgehead atoms. The highest BCUT2D eigenvalue weighted by molar-refractivity contribution is 9.13. The quantitative estimate of drug-likeness (QED) is 0.714. The largest absolute Gasteiger partial charge is 0.493 e. The highest BCUT2D eigenvalue weighted by Crippen LogP contribution is 2.33. The SMILES string of the molecule is COc1ccc(CCC(=O)N2CCc3[nH]c(Br)c(Br)c3C2)cc1OC. The van der Waals surface area contributed by atoms with Crippen molar-refractivity contribution in [3.8, 4) is 11.5 Å². The maximum atomic E-state index is 12.6. The molecule has 0 radical (unpaired) electrons. The van der Waals surface area contributed by atoms with E-state index in [2.05, 4.69) is 36.8 Å². The number of fused-ring (bicyclic) bond motifs is 1. The smallest absolute Gasteiger partial charge is 0.223 e. The number of ether oxygens (including phenoxy) is 2. The number of hydrogen-bond donors (Lipinski definition) is 1. The van der Waals surface area contributed by atoms with Crippen LogP contribution in [-0.4, -0.2) is 36.6 Å². The Morgan fingerprint density at radius 3 is 2.72 bits per heavy atom. The van der Waals surface area contributed by atoms with Crippen LogP contribution < -0.4 is 9.47 Å². The first-order chi connectivity index (χ1) is 12.0. The first-order valence-corrected chi connectivity index (χ1v) is 9.65. The molecule has 1 aromatic carbocycles. The molecule has 5 nitrogen and oxygen atoms in total. The van der Waals surface area contributed by atoms with Gasteiger partial charge in [-0.15, -0.1) is 0 Å². The lowest BCUT2D eigenvalue weighted by atomic mass is 10.1. The van der Waals surface area contributed by atoms with E-state index in [1.54, 1.807) is 14.2 Å². The van der Waals surface area contributed by atoms with Gasteiger partial charge in [0.25, 0.3) is 0 Å². The molecule has 1 aromatic heterocycles. The van der Waals surface area contributed by atoms with Crippen LogP contribution in [0.1, 0.15) is 23.2 Å². The number of hydrogen-bond acceptors (Lipinski definition) is 3. The summed E-state index contributed by atoms with van der Waals surface area (Å²) >= 11 is 7.07. The molecule has 1 aliphatic heterocycles. The molecule has 2 heterocycles. The van der Waals surface area contributed by atoms with Gasteiger partial charge in [0.15, 0.2) is 11.5 Å². The Bertz CT molecular complexity index is 789. The van der Waals surface area contributed by atoms with E-state index in [0.29, 0.717) is 30.9 Å². The lowest BCUT2D eigenvalue weighted by Crippen LogP contribution is -2.36. The van der Waals surface area contributed by atoms with Crippen molar-refractivity contribution < 1.29 is 14.3 Å². The Balaban J connectivity index is 1.63. The maximum Gasteiger partial charge on any atom is 0.223 e. The molecule has 7 heteroatoms. The summed E-state index contributed by atoms with van der Waals surface area (Å²) in [7, 11) is 3.23. The minimum absolute atomic E-state index is 0.171. The average molecular weight is 472 g/mol. The van der Waals surface area contributed by atoms with Crippen LogP contribution in [0, 0.1) is 0 Å². The van der Waals surface area contributed by atoms with E-state index in [4.69, 9.17) is 9.47 Å². The second-order valence-electron chi connectivity index (χ2n) is 5.96. The fourth-order valence-corrected chi connectivity index (χ4v) is 4.02. The van der Waals surface area contributed by atoms with Crippen LogP contribution in [0.25, 0.3) is 0 Å². The van der Waals surface area contributed by atoms with Gasteiger partial charge in [0.2, 0.25) is 5.91 Å². The van der Waals surface area contributed by atoms with E-state index in [9.17, 15) is 4.79 Å². The number of H-pyrrole nitrogens is 1. The second kappa shape index (κ2) is 7.83. The Morgan fingerprint density at radius 1 is 1.24 bits per heavy atom. The van der Waals surface area contributed by atoms with Gasteiger partial charge >= 0.3 is 0 Å². The highest BCUT2D eigenvalue weighted by atomic mass is 79.9. The van der Waals surface area contributed by atoms with Crippen LogP contribution in [0.3, 0.4) is 0 Å². The van der Waals surface area contributed by atoms with Gasteiger partial charge in [-0.25, -0.2) is 0 Å². The van der Waals surface area contributed by atoms with Gasteiger partial charge < -0.3 is 19.4 Å². The fraction of sp³-hybridized carbons (Fsp3) is 0.389. The minimum atomic E-state index is 0.171. The number of nitrogens with zero attached hydrogens (tertiary/aromatic N) is 1. The standard InChI is InChI=1S/C18H20Br2N2O3/c1-24-14-5-3-11(9-15(14)25-2)4-6-16(23)22-8-7-13-12(10-22)17(19)18(20)21-13/h3,5,9,21H,4,6-8,10H2,1-2H3. The number of carbonyl (C=O) groups is 1. The van der Waals surface area contributed by atoms with Crippen LogP contribution in [-0.2, 0) is 24.2 Å². The fourth-order valence-electron chi connectivity index (χ4n) is 3.08. The summed E-state index contributed by atoms with van der Waals surface area (Å²) < 4.78 is 12.5. The second-order valence-corrected chi connectivity index (χ2v) is 7.55. The van der Waals surface area contributed by atoms with E-state index in [-0.39, 0.29) is 5.91 Å². The Morgan fingerprint density at radius 2 is 2.00 bits per heavy atom. The first kappa shape index (κ1) is 18.3. The molecule has 0 aliphatic carbocycles. The molecule has 3 rings (SSSR count). The first-order valence-electron chi connectivity index (χ1n) is 8.07. The van der Waals surface area contributed by atoms with Crippen molar-refractivity contribution in [2.75, 3.05) is 20.8 Å². The number of aromatic nitrogens is 1. The summed E-state index contributed by atoms with van der Waals surface area (Å²) in [6, 6.07) is 5.78. The van der Waals surface area contributed by atoms with Gasteiger partial charge in [0.1, 0.15) is 0 Å². The van der Waals surface area contributed by atoms with Crippen LogP contribution in [0.2, 0.25) is 0 Å². The molecule has 1 amide bonds. The van der Waals surface area contributed by atoms with Crippen LogP contribution in [0.4, 0.5) is 0 Å². The van der Waals surface area contributed by atoms with Crippen LogP contribution in [0.5, 0.6) is 11.5 Å². The summed E-state index contributed by atoms with van der Waals surface area (Å²) in [4.78, 5) is 17.8. The predicted octanol–water partition coefficient (Wildman–Crippen LogP) is 4.07. The van der Waals surface area contributed by atoms with Crippen molar-refractivity contribution in [1.29, 1.82) is 0 Å². The minimum Gasteiger partial charge on any atom is -0.493 e. The van der Waals surface area contributed by atoms with Gasteiger partial charge in [-0.3, -0.25) is 4.79 Å². The van der Waals surface area contributed by atoms with E-state index in [1.807, 2.05) is 23.1 Å². The third-order valence-electron chi connectivity index (χ3n) is 4.49. The zero-order chi connectivity index (χ0) is 18.0. The van der Waals surface area contributed by atoms with E-state index >= 15 is 0 Å². The van der Waals surface area contributed by atoms with Crippen molar-refractivity contribution >= 4 is 37.8 Å². The number of nitrogens with one attached hydrogen (secondary N) is 1. The van der Waals surface area contributed by atoms with Gasteiger partial charge in [0.05, 0.1) is 23.3 Å². The molecule has 2 aromatic rings. The molecule has 134 valence electrons. The van der Waals surface area contributed by atoms with Crippen molar-refractivity contribution in [3.63, 3.8) is 0 Å². The molecule has 0 saturated carbocycles. The number of rotatable bonds is 5. The molecule has 1 N–H and O–H groups in total. The van der Waals surface area contributed by atoms with Gasteiger partial charge in [-0.2, -0.15) is 0 Å². The van der Waals surface area contributed by atoms with Gasteiger partial charge in [0, 0.05) is 37.2 Å². The molecular weight excluding hydrogens is 452 g/mol. The van der Waals surface area contributed by atoms with Gasteiger partial charge in [-0.05, 0) is 56.0 Å². The third-order valence-corrected chi connectivity index (χ3v) is 6.49. The molecule has 0 saturated heterocycles. The third kappa shape index (κ3) is 3.87. The molecular formula is C18H20Br2N2O3. The summed E-state index contributed by atoms with van der Waals surface area (Å²) in [6.45, 7) is 1.39. The van der Waals surface area contributed by atoms with E-state index < -0.39 is 0 Å². The van der Waals surface area contributed by atoms with E-state index in [0.717, 1.165) is 33.2 Å². The lowest BCUT2D eigenvalue weighted by Gasteiger charge is -2.27. The number of benzene rings is 1. The van der Waals surface area contributed by atoms with E-state index in [1.165, 1.54) is 5.69 Å². The topological polar surface area (TPSA) is 54.6 Å². The summed E-state index contributed by atoms with van der Waals surface area (Å²) in [5.41, 5.74) is 3.43. The number of methoxy groups -OCH3 is 2. The number of aryl methyl sites for hydroxylation is 1. The summed E-state index contributed by atoms with van der Waals surface area (Å²) in [5, 5.41) is 0. The van der Waals surface area contributed by atoms with Crippen molar-refractivity contribution in [1.82, 2.24) is 9.88 Å². The number of halogens is 2. The van der Waals surface area contributed by atoms with Crippen LogP contribution >= 0.6 is 31.9 Å². The monoisotopic (exact) mass is 470 g/mol. The number of carbonyl (C=O) groups excluding carboxylic acids is 1. The normalized spacial score (nSPS) is 13.5. The Hall–Kier alpha value is -1.47. The number of aromatic amines is 1. The molecule has 25 heavy (non-hydrogen) atoms. The molecule has 1 aliphatic rings. The Kier molecular flexibility index (Phi) is 5.74. The van der Waals surface area contributed by atoms with Gasteiger partial charge in [-0.1, -0.05) is 6.07 Å². The maximum absolute atomic E-state index is 12.6. The lowest BCUT2D eigenvalue weighted by molar-refractivity contribution is -0.132. The van der Waals surface area contributed by atoms with Crippen molar-refractivity contribution in [2.45, 2.75) is 25.8 Å². The molecule has 0 spiro atoms. The van der Waals surface area contributed by atoms with Crippen molar-refractivity contribution in [3.05, 3.63) is 44.1 Å². The zero-order valence-electron chi connectivity index (χ0n) is 14.2. The van der Waals surface area contributed by atoms with Crippen molar-refractivity contribution in [2.24, 2.45) is 0 Å². The highest BCUT2D eigenvalue weighted by Gasteiger charge is 2.25. The average Bonchev–Trinajstić information content (AvgIpc) is 2.93. The Labute approximate surface area is 163 Å². The molecule has 0 atom stereocenters.